The van der Waals surface area contributed by atoms with Crippen molar-refractivity contribution in [3.05, 3.63) is 59.8 Å². The van der Waals surface area contributed by atoms with Crippen molar-refractivity contribution in [3.63, 3.8) is 0 Å². The predicted octanol–water partition coefficient (Wildman–Crippen LogP) is 3.09. The van der Waals surface area contributed by atoms with Crippen molar-refractivity contribution < 1.29 is 21.7 Å². The number of fused-ring (bicyclic) bond motifs is 1. The molecule has 6 nitrogen and oxygen atoms in total. The number of sulfonamides is 1. The smallest absolute Gasteiger partial charge is 0.240 e. The van der Waals surface area contributed by atoms with Crippen molar-refractivity contribution in [1.29, 1.82) is 0 Å². The number of hydrogen-bond acceptors (Lipinski definition) is 5. The first-order valence-corrected chi connectivity index (χ1v) is 10.9. The minimum atomic E-state index is -3.66. The lowest BCUT2D eigenvalue weighted by molar-refractivity contribution is 0.326. The lowest BCUT2D eigenvalue weighted by Gasteiger charge is -2.16. The van der Waals surface area contributed by atoms with Gasteiger partial charge in [0.25, 0.3) is 0 Å². The average Bonchev–Trinajstić information content (AvgIpc) is 3.28. The van der Waals surface area contributed by atoms with E-state index in [-0.39, 0.29) is 16.8 Å². The molecule has 1 atom stereocenters. The van der Waals surface area contributed by atoms with Gasteiger partial charge in [0.05, 0.1) is 10.6 Å². The second-order valence-corrected chi connectivity index (χ2v) is 8.95. The van der Waals surface area contributed by atoms with Crippen LogP contribution < -0.4 is 4.72 Å². The molecule has 2 heterocycles. The summed E-state index contributed by atoms with van der Waals surface area (Å²) in [6.07, 6.45) is 2.24. The zero-order valence-electron chi connectivity index (χ0n) is 15.6. The fourth-order valence-electron chi connectivity index (χ4n) is 3.65. The van der Waals surface area contributed by atoms with Crippen molar-refractivity contribution in [2.75, 3.05) is 19.6 Å². The molecule has 29 heavy (non-hydrogen) atoms. The monoisotopic (exact) mass is 421 g/mol. The summed E-state index contributed by atoms with van der Waals surface area (Å²) in [7, 11) is -3.66. The molecule has 1 saturated heterocycles. The number of nitrogens with one attached hydrogen (secondary N) is 1. The topological polar surface area (TPSA) is 75.4 Å². The Morgan fingerprint density at radius 3 is 2.69 bits per heavy atom. The molecule has 1 N–H and O–H groups in total. The van der Waals surface area contributed by atoms with Crippen molar-refractivity contribution in [2.24, 2.45) is 0 Å². The van der Waals surface area contributed by atoms with E-state index in [1.54, 1.807) is 6.07 Å². The van der Waals surface area contributed by atoms with Crippen LogP contribution in [0.25, 0.3) is 11.0 Å². The van der Waals surface area contributed by atoms with E-state index in [2.05, 4.69) is 14.8 Å². The van der Waals surface area contributed by atoms with Crippen molar-refractivity contribution in [2.45, 2.75) is 30.2 Å². The number of benzene rings is 2. The van der Waals surface area contributed by atoms with Gasteiger partial charge in [-0.3, -0.25) is 0 Å². The Labute approximate surface area is 167 Å². The van der Waals surface area contributed by atoms with Crippen LogP contribution in [0.4, 0.5) is 8.78 Å². The van der Waals surface area contributed by atoms with Crippen LogP contribution in [0.2, 0.25) is 0 Å². The third-order valence-electron chi connectivity index (χ3n) is 5.11. The molecule has 1 fully saturated rings. The predicted molar refractivity (Wildman–Crippen MR) is 104 cm³/mol. The minimum absolute atomic E-state index is 0.0618. The first-order valence-electron chi connectivity index (χ1n) is 9.45. The molecule has 154 valence electrons. The van der Waals surface area contributed by atoms with Gasteiger partial charge in [0, 0.05) is 24.0 Å². The number of halogens is 2. The first kappa shape index (κ1) is 19.9. The summed E-state index contributed by atoms with van der Waals surface area (Å²) >= 11 is 0. The van der Waals surface area contributed by atoms with Crippen molar-refractivity contribution in [1.82, 2.24) is 14.8 Å². The lowest BCUT2D eigenvalue weighted by atomic mass is 10.1. The highest BCUT2D eigenvalue weighted by Gasteiger charge is 2.27. The molecular weight excluding hydrogens is 400 g/mol. The molecule has 2 aromatic carbocycles. The normalized spacial score (nSPS) is 17.9. The maximum atomic E-state index is 13.2. The van der Waals surface area contributed by atoms with Crippen molar-refractivity contribution >= 4 is 21.0 Å². The summed E-state index contributed by atoms with van der Waals surface area (Å²) in [5.74, 6) is -0.826. The highest BCUT2D eigenvalue weighted by Crippen LogP contribution is 2.21. The summed E-state index contributed by atoms with van der Waals surface area (Å²) in [5.41, 5.74) is 1.24. The van der Waals surface area contributed by atoms with Gasteiger partial charge in [0.1, 0.15) is 11.6 Å². The zero-order valence-corrected chi connectivity index (χ0v) is 16.5. The Hall–Kier alpha value is -2.36. The van der Waals surface area contributed by atoms with Crippen LogP contribution >= 0.6 is 0 Å². The number of nitrogens with zero attached hydrogens (tertiary/aromatic N) is 2. The Morgan fingerprint density at radius 1 is 1.14 bits per heavy atom. The van der Waals surface area contributed by atoms with Gasteiger partial charge < -0.3 is 9.42 Å². The number of rotatable bonds is 7. The zero-order chi connectivity index (χ0) is 20.4. The van der Waals surface area contributed by atoms with Gasteiger partial charge in [-0.25, -0.2) is 21.9 Å². The second-order valence-electron chi connectivity index (χ2n) is 7.23. The van der Waals surface area contributed by atoms with Gasteiger partial charge in [0.2, 0.25) is 10.0 Å². The molecule has 1 unspecified atom stereocenters. The van der Waals surface area contributed by atoms with Crippen molar-refractivity contribution in [3.8, 4) is 0 Å². The maximum absolute atomic E-state index is 13.2. The summed E-state index contributed by atoms with van der Waals surface area (Å²) in [5, 5.41) is 4.84. The van der Waals surface area contributed by atoms with E-state index in [4.69, 9.17) is 4.52 Å². The highest BCUT2D eigenvalue weighted by molar-refractivity contribution is 7.89. The van der Waals surface area contributed by atoms with Gasteiger partial charge in [0.15, 0.2) is 5.58 Å². The molecule has 0 amide bonds. The molecule has 1 aliphatic heterocycles. The second kappa shape index (κ2) is 8.17. The van der Waals surface area contributed by atoms with Crippen LogP contribution in [0.15, 0.2) is 51.9 Å². The van der Waals surface area contributed by atoms with E-state index in [0.29, 0.717) is 25.0 Å². The van der Waals surface area contributed by atoms with Gasteiger partial charge in [-0.2, -0.15) is 0 Å². The molecule has 1 aliphatic rings. The van der Waals surface area contributed by atoms with E-state index in [1.165, 1.54) is 24.3 Å². The standard InChI is InChI=1S/C20H21F2N3O3S/c21-14-3-6-17(7-4-14)29(26,27)24-16-9-11-25(13-16)10-1-2-19-18-8-5-15(22)12-20(18)28-23-19/h3-8,12,16,24H,1-2,9-11,13H2. The number of likely N-dealkylation sites (tertiary alicyclic amines) is 1. The highest BCUT2D eigenvalue weighted by atomic mass is 32.2. The van der Waals surface area contributed by atoms with Gasteiger partial charge >= 0.3 is 0 Å². The Morgan fingerprint density at radius 2 is 1.90 bits per heavy atom. The summed E-state index contributed by atoms with van der Waals surface area (Å²) < 4.78 is 59.0. The molecule has 0 aliphatic carbocycles. The van der Waals surface area contributed by atoms with Gasteiger partial charge in [-0.1, -0.05) is 5.16 Å². The quantitative estimate of drug-likeness (QED) is 0.635. The molecule has 0 spiro atoms. The molecular formula is C20H21F2N3O3S. The van der Waals surface area contributed by atoms with Crippen LogP contribution in [0.3, 0.4) is 0 Å². The summed E-state index contributed by atoms with van der Waals surface area (Å²) in [6.45, 7) is 2.21. The molecule has 3 aromatic rings. The Balaban J connectivity index is 1.28. The SMILES string of the molecule is O=S(=O)(NC1CCN(CCCc2noc3cc(F)ccc23)C1)c1ccc(F)cc1. The molecule has 0 saturated carbocycles. The minimum Gasteiger partial charge on any atom is -0.356 e. The third-order valence-corrected chi connectivity index (χ3v) is 6.65. The molecule has 4 rings (SSSR count). The summed E-state index contributed by atoms with van der Waals surface area (Å²) in [4.78, 5) is 2.26. The largest absolute Gasteiger partial charge is 0.356 e. The lowest BCUT2D eigenvalue weighted by Crippen LogP contribution is -2.37. The number of hydrogen-bond donors (Lipinski definition) is 1. The van der Waals surface area contributed by atoms with E-state index in [0.717, 1.165) is 42.7 Å². The van der Waals surface area contributed by atoms with Crippen LogP contribution in [0, 0.1) is 11.6 Å². The van der Waals surface area contributed by atoms with E-state index in [9.17, 15) is 17.2 Å². The third kappa shape index (κ3) is 4.63. The maximum Gasteiger partial charge on any atom is 0.240 e. The first-order chi connectivity index (χ1) is 13.9. The fraction of sp³-hybridized carbons (Fsp3) is 0.350. The van der Waals surface area contributed by atoms with Gasteiger partial charge in [-0.05, 0) is 68.8 Å². The summed E-state index contributed by atoms with van der Waals surface area (Å²) in [6, 6.07) is 9.00. The average molecular weight is 421 g/mol. The van der Waals surface area contributed by atoms with Gasteiger partial charge in [-0.15, -0.1) is 0 Å². The van der Waals surface area contributed by atoms with E-state index in [1.807, 2.05) is 0 Å². The molecule has 1 aromatic heterocycles. The number of aromatic nitrogens is 1. The van der Waals surface area contributed by atoms with Crippen LogP contribution in [0.1, 0.15) is 18.5 Å². The van der Waals surface area contributed by atoms with Crippen LogP contribution in [-0.2, 0) is 16.4 Å². The van der Waals surface area contributed by atoms with E-state index >= 15 is 0 Å². The molecule has 9 heteroatoms. The fourth-order valence-corrected chi connectivity index (χ4v) is 4.91. The molecule has 0 radical (unpaired) electrons. The number of aryl methyl sites for hydroxylation is 1. The van der Waals surface area contributed by atoms with E-state index < -0.39 is 15.8 Å². The van der Waals surface area contributed by atoms with Crippen LogP contribution in [0.5, 0.6) is 0 Å². The molecule has 0 bridgehead atoms. The Kier molecular flexibility index (Phi) is 5.62. The van der Waals surface area contributed by atoms with Crippen LogP contribution in [-0.4, -0.2) is 44.2 Å². The Bertz CT molecular complexity index is 1100.